The molecule has 1 N–H and O–H groups in total. The van der Waals surface area contributed by atoms with Gasteiger partial charge >= 0.3 is 0 Å². The Balaban J connectivity index is 1.52. The van der Waals surface area contributed by atoms with Crippen molar-refractivity contribution in [2.45, 2.75) is 68.4 Å². The molecule has 6 rings (SSSR count). The Hall–Kier alpha value is -1.33. The number of likely N-dealkylation sites (tertiary alicyclic amines) is 1. The first-order valence-electron chi connectivity index (χ1n) is 10.5. The van der Waals surface area contributed by atoms with Crippen molar-refractivity contribution in [2.75, 3.05) is 20.2 Å². The van der Waals surface area contributed by atoms with Crippen LogP contribution in [-0.4, -0.2) is 54.1 Å². The molecule has 7 atom stereocenters. The van der Waals surface area contributed by atoms with E-state index in [0.717, 1.165) is 43.3 Å². The summed E-state index contributed by atoms with van der Waals surface area (Å²) in [6, 6.07) is 4.12. The number of piperidine rings is 1. The Morgan fingerprint density at radius 3 is 2.93 bits per heavy atom. The molecule has 3 aliphatic carbocycles. The van der Waals surface area contributed by atoms with Crippen LogP contribution < -0.4 is 9.47 Å². The van der Waals surface area contributed by atoms with Gasteiger partial charge in [0.25, 0.3) is 0 Å². The highest BCUT2D eigenvalue weighted by Gasteiger charge is 2.73. The predicted octanol–water partition coefficient (Wildman–Crippen LogP) is 2.84. The summed E-state index contributed by atoms with van der Waals surface area (Å²) in [5.74, 6) is 2.90. The number of hydrogen-bond acceptors (Lipinski definition) is 4. The average Bonchev–Trinajstić information content (AvgIpc) is 3.21. The summed E-state index contributed by atoms with van der Waals surface area (Å²) in [5, 5.41) is 12.1. The van der Waals surface area contributed by atoms with E-state index in [0.29, 0.717) is 24.3 Å². The molecule has 1 aromatic carbocycles. The highest BCUT2D eigenvalue weighted by Crippen LogP contribution is 2.66. The standard InChI is InChI=1S/C22H28FNO3/c1-12-9-14(12)11-24-8-7-21-18-13-3-4-16(26-2)19(18)27-20(21)15(23)5-6-22(21,25)17(24)10-13/h3-4,12,14-15,17,20,25H,5-11H2,1-2H3/t12?,14?,15?,17-,20+,21+,22-/m0/s1. The molecule has 1 aromatic rings. The van der Waals surface area contributed by atoms with Crippen LogP contribution in [0.3, 0.4) is 0 Å². The van der Waals surface area contributed by atoms with Gasteiger partial charge in [0.15, 0.2) is 11.5 Å². The van der Waals surface area contributed by atoms with Crippen LogP contribution in [0.4, 0.5) is 4.39 Å². The van der Waals surface area contributed by atoms with E-state index in [1.165, 1.54) is 12.0 Å². The maximum Gasteiger partial charge on any atom is 0.166 e. The monoisotopic (exact) mass is 373 g/mol. The Morgan fingerprint density at radius 1 is 1.37 bits per heavy atom. The Labute approximate surface area is 159 Å². The lowest BCUT2D eigenvalue weighted by molar-refractivity contribution is -0.199. The quantitative estimate of drug-likeness (QED) is 0.885. The molecule has 2 heterocycles. The Morgan fingerprint density at radius 2 is 2.19 bits per heavy atom. The first-order valence-corrected chi connectivity index (χ1v) is 10.5. The third kappa shape index (κ3) is 1.86. The number of hydrogen-bond donors (Lipinski definition) is 1. The van der Waals surface area contributed by atoms with Gasteiger partial charge in [0, 0.05) is 18.2 Å². The molecule has 146 valence electrons. The highest BCUT2D eigenvalue weighted by atomic mass is 19.1. The highest BCUT2D eigenvalue weighted by molar-refractivity contribution is 5.62. The van der Waals surface area contributed by atoms with Gasteiger partial charge in [0.05, 0.1) is 18.1 Å². The van der Waals surface area contributed by atoms with Crippen LogP contribution in [0.5, 0.6) is 11.5 Å². The van der Waals surface area contributed by atoms with Crippen LogP contribution >= 0.6 is 0 Å². The molecule has 0 amide bonds. The molecule has 2 bridgehead atoms. The molecule has 3 unspecified atom stereocenters. The maximum absolute atomic E-state index is 15.1. The van der Waals surface area contributed by atoms with E-state index < -0.39 is 23.3 Å². The van der Waals surface area contributed by atoms with Gasteiger partial charge in [0.2, 0.25) is 0 Å². The molecule has 0 radical (unpaired) electrons. The molecule has 5 heteroatoms. The second-order valence-electron chi connectivity index (χ2n) is 9.56. The molecular formula is C22H28FNO3. The second kappa shape index (κ2) is 5.18. The minimum Gasteiger partial charge on any atom is -0.493 e. The number of aliphatic hydroxyl groups is 1. The van der Waals surface area contributed by atoms with Gasteiger partial charge in [-0.2, -0.15) is 0 Å². The fourth-order valence-electron chi connectivity index (χ4n) is 6.89. The number of benzene rings is 1. The van der Waals surface area contributed by atoms with Crippen molar-refractivity contribution < 1.29 is 19.0 Å². The minimum atomic E-state index is -1.04. The lowest BCUT2D eigenvalue weighted by Gasteiger charge is -2.63. The third-order valence-corrected chi connectivity index (χ3v) is 8.45. The summed E-state index contributed by atoms with van der Waals surface area (Å²) < 4.78 is 26.9. The normalized spacial score (nSPS) is 46.6. The Kier molecular flexibility index (Phi) is 3.18. The zero-order valence-corrected chi connectivity index (χ0v) is 16.1. The number of ether oxygens (including phenoxy) is 2. The van der Waals surface area contributed by atoms with Gasteiger partial charge in [-0.1, -0.05) is 13.0 Å². The molecule has 3 fully saturated rings. The molecule has 2 saturated carbocycles. The van der Waals surface area contributed by atoms with Gasteiger partial charge in [0.1, 0.15) is 12.3 Å². The molecule has 0 aromatic heterocycles. The van der Waals surface area contributed by atoms with Crippen molar-refractivity contribution >= 4 is 0 Å². The number of nitrogens with zero attached hydrogens (tertiary/aromatic N) is 1. The van der Waals surface area contributed by atoms with E-state index in [2.05, 4.69) is 17.9 Å². The SMILES string of the molecule is COc1ccc2c3c1O[C@@H]1C(F)CC[C@]4(O)[C@H](C2)N(CC2CC2C)CC[C@@]314. The molecule has 1 spiro atoms. The summed E-state index contributed by atoms with van der Waals surface area (Å²) in [6.45, 7) is 4.29. The molecule has 27 heavy (non-hydrogen) atoms. The number of alkyl halides is 1. The van der Waals surface area contributed by atoms with E-state index in [4.69, 9.17) is 9.47 Å². The van der Waals surface area contributed by atoms with Crippen LogP contribution in [0, 0.1) is 11.8 Å². The maximum atomic E-state index is 15.1. The zero-order chi connectivity index (χ0) is 18.6. The molecule has 5 aliphatic rings. The van der Waals surface area contributed by atoms with Crippen LogP contribution in [0.15, 0.2) is 12.1 Å². The van der Waals surface area contributed by atoms with Crippen molar-refractivity contribution in [2.24, 2.45) is 11.8 Å². The Bertz CT molecular complexity index is 815. The van der Waals surface area contributed by atoms with Crippen LogP contribution in [0.2, 0.25) is 0 Å². The van der Waals surface area contributed by atoms with Crippen molar-refractivity contribution in [1.29, 1.82) is 0 Å². The lowest BCUT2D eigenvalue weighted by Crippen LogP contribution is -2.76. The van der Waals surface area contributed by atoms with Crippen LogP contribution in [0.25, 0.3) is 0 Å². The van der Waals surface area contributed by atoms with Crippen molar-refractivity contribution in [1.82, 2.24) is 4.90 Å². The summed E-state index contributed by atoms with van der Waals surface area (Å²) >= 11 is 0. The van der Waals surface area contributed by atoms with Gasteiger partial charge in [-0.25, -0.2) is 4.39 Å². The lowest BCUT2D eigenvalue weighted by atomic mass is 9.49. The summed E-state index contributed by atoms with van der Waals surface area (Å²) in [5.41, 5.74) is 0.720. The van der Waals surface area contributed by atoms with Crippen molar-refractivity contribution in [3.05, 3.63) is 23.3 Å². The summed E-state index contributed by atoms with van der Waals surface area (Å²) in [6.07, 6.45) is 2.14. The average molecular weight is 373 g/mol. The topological polar surface area (TPSA) is 41.9 Å². The predicted molar refractivity (Wildman–Crippen MR) is 99.1 cm³/mol. The summed E-state index contributed by atoms with van der Waals surface area (Å²) in [7, 11) is 1.63. The van der Waals surface area contributed by atoms with Crippen LogP contribution in [-0.2, 0) is 11.8 Å². The summed E-state index contributed by atoms with van der Waals surface area (Å²) in [4.78, 5) is 2.51. The van der Waals surface area contributed by atoms with E-state index in [1.54, 1.807) is 7.11 Å². The van der Waals surface area contributed by atoms with E-state index >= 15 is 4.39 Å². The first kappa shape index (κ1) is 16.6. The minimum absolute atomic E-state index is 0.0597. The first-order chi connectivity index (χ1) is 13.0. The second-order valence-corrected chi connectivity index (χ2v) is 9.56. The van der Waals surface area contributed by atoms with Crippen molar-refractivity contribution in [3.8, 4) is 11.5 Å². The van der Waals surface area contributed by atoms with Crippen LogP contribution in [0.1, 0.15) is 43.7 Å². The van der Waals surface area contributed by atoms with Crippen molar-refractivity contribution in [3.63, 3.8) is 0 Å². The fraction of sp³-hybridized carbons (Fsp3) is 0.727. The molecular weight excluding hydrogens is 345 g/mol. The van der Waals surface area contributed by atoms with Gasteiger partial charge in [-0.05, 0) is 62.1 Å². The largest absolute Gasteiger partial charge is 0.493 e. The van der Waals surface area contributed by atoms with E-state index in [-0.39, 0.29) is 6.04 Å². The smallest absolute Gasteiger partial charge is 0.166 e. The van der Waals surface area contributed by atoms with E-state index in [9.17, 15) is 5.11 Å². The number of halogens is 1. The molecule has 4 nitrogen and oxygen atoms in total. The zero-order valence-electron chi connectivity index (χ0n) is 16.1. The van der Waals surface area contributed by atoms with Gasteiger partial charge in [-0.15, -0.1) is 0 Å². The molecule has 1 saturated heterocycles. The molecule has 2 aliphatic heterocycles. The third-order valence-electron chi connectivity index (χ3n) is 8.45. The van der Waals surface area contributed by atoms with E-state index in [1.807, 2.05) is 6.07 Å². The van der Waals surface area contributed by atoms with Gasteiger partial charge < -0.3 is 14.6 Å². The number of methoxy groups -OCH3 is 1. The number of rotatable bonds is 3. The van der Waals surface area contributed by atoms with Gasteiger partial charge in [-0.3, -0.25) is 4.90 Å². The fourth-order valence-corrected chi connectivity index (χ4v) is 6.89.